The molecule has 0 aliphatic carbocycles. The molecule has 5 N–H and O–H groups in total. The first-order chi connectivity index (χ1) is 19.9. The number of rotatable bonds is 10. The molecule has 1 atom stereocenters. The van der Waals surface area contributed by atoms with Gasteiger partial charge in [0.05, 0.1) is 24.8 Å². The number of amides is 2. The highest BCUT2D eigenvalue weighted by Crippen LogP contribution is 2.38. The van der Waals surface area contributed by atoms with E-state index in [0.717, 1.165) is 30.3 Å². The van der Waals surface area contributed by atoms with Gasteiger partial charge in [-0.05, 0) is 48.5 Å². The minimum absolute atomic E-state index is 0.0134. The zero-order valence-corrected chi connectivity index (χ0v) is 21.9. The van der Waals surface area contributed by atoms with Crippen molar-refractivity contribution in [2.24, 2.45) is 5.73 Å². The number of aromatic nitrogens is 1. The van der Waals surface area contributed by atoms with Crippen LogP contribution in [0.1, 0.15) is 12.0 Å². The van der Waals surface area contributed by atoms with E-state index in [1.54, 1.807) is 12.1 Å². The van der Waals surface area contributed by atoms with Gasteiger partial charge >= 0.3 is 18.2 Å². The van der Waals surface area contributed by atoms with Gasteiger partial charge < -0.3 is 35.7 Å². The first-order valence-corrected chi connectivity index (χ1v) is 12.2. The Kier molecular flexibility index (Phi) is 8.96. The zero-order chi connectivity index (χ0) is 30.4. The number of ether oxygens (including phenoxy) is 3. The number of carbonyl (C=O) groups excluding carboxylic acids is 1. The van der Waals surface area contributed by atoms with Crippen LogP contribution < -0.4 is 30.6 Å². The lowest BCUT2D eigenvalue weighted by Gasteiger charge is -2.15. The van der Waals surface area contributed by atoms with Crippen molar-refractivity contribution >= 4 is 34.3 Å². The minimum atomic E-state index is -4.51. The van der Waals surface area contributed by atoms with Crippen molar-refractivity contribution in [1.29, 1.82) is 0 Å². The Morgan fingerprint density at radius 1 is 0.952 bits per heavy atom. The molecule has 4 rings (SSSR count). The Morgan fingerprint density at radius 3 is 2.29 bits per heavy atom. The molecule has 10 nitrogen and oxygen atoms in total. The molecule has 220 valence electrons. The second-order valence-electron chi connectivity index (χ2n) is 8.81. The van der Waals surface area contributed by atoms with E-state index in [1.807, 2.05) is 0 Å². The average Bonchev–Trinajstić information content (AvgIpc) is 2.93. The maximum atomic E-state index is 14.9. The van der Waals surface area contributed by atoms with Gasteiger partial charge in [0.15, 0.2) is 23.1 Å². The third kappa shape index (κ3) is 7.34. The predicted octanol–water partition coefficient (Wildman–Crippen LogP) is 6.02. The second-order valence-corrected chi connectivity index (χ2v) is 8.81. The summed E-state index contributed by atoms with van der Waals surface area (Å²) >= 11 is 0. The Morgan fingerprint density at radius 2 is 1.64 bits per heavy atom. The number of hydrogen-bond acceptors (Lipinski definition) is 7. The smallest absolute Gasteiger partial charge is 0.416 e. The van der Waals surface area contributed by atoms with Crippen molar-refractivity contribution in [2.75, 3.05) is 24.4 Å². The Bertz CT molecular complexity index is 1600. The van der Waals surface area contributed by atoms with Gasteiger partial charge in [0.2, 0.25) is 0 Å². The highest BCUT2D eigenvalue weighted by atomic mass is 19.4. The van der Waals surface area contributed by atoms with Crippen molar-refractivity contribution in [3.8, 4) is 23.0 Å². The number of hydrogen-bond donors (Lipinski definition) is 4. The van der Waals surface area contributed by atoms with E-state index in [1.165, 1.54) is 31.5 Å². The van der Waals surface area contributed by atoms with Crippen molar-refractivity contribution in [3.63, 3.8) is 0 Å². The molecule has 4 aromatic rings. The second kappa shape index (κ2) is 12.6. The quantitative estimate of drug-likeness (QED) is 0.165. The van der Waals surface area contributed by atoms with Crippen LogP contribution in [0.2, 0.25) is 0 Å². The van der Waals surface area contributed by atoms with Crippen LogP contribution in [0, 0.1) is 5.82 Å². The molecule has 0 radical (unpaired) electrons. The number of carbonyl (C=O) groups is 2. The normalized spacial score (nSPS) is 12.0. The topological polar surface area (TPSA) is 145 Å². The van der Waals surface area contributed by atoms with Crippen molar-refractivity contribution < 1.29 is 46.5 Å². The van der Waals surface area contributed by atoms with Crippen molar-refractivity contribution in [1.82, 2.24) is 4.98 Å². The highest BCUT2D eigenvalue weighted by molar-refractivity contribution is 5.99. The molecule has 0 bridgehead atoms. The summed E-state index contributed by atoms with van der Waals surface area (Å²) < 4.78 is 69.9. The zero-order valence-electron chi connectivity index (χ0n) is 21.9. The number of alkyl halides is 3. The molecule has 0 aliphatic rings. The molecule has 0 saturated heterocycles. The number of carboxylic acids is 1. The standard InChI is InChI=1S/C28H24F4N4O6/c1-40-24-13-18-21(14-25(24)41-11-9-20(33)26(37)38)34-10-8-22(18)42-23-7-6-17(12-19(23)29)36-27(39)35-16-4-2-15(3-5-16)28(30,31)32/h2-8,10,12-14,20H,9,11,33H2,1H3,(H,37,38)(H2,35,36,39)/t20-/m0/s1. The predicted molar refractivity (Wildman–Crippen MR) is 145 cm³/mol. The van der Waals surface area contributed by atoms with Crippen molar-refractivity contribution in [2.45, 2.75) is 18.6 Å². The van der Waals surface area contributed by atoms with E-state index in [9.17, 15) is 27.2 Å². The SMILES string of the molecule is COc1cc2c(Oc3ccc(NC(=O)Nc4ccc(C(F)(F)F)cc4)cc3F)ccnc2cc1OCC[C@H](N)C(=O)O. The lowest BCUT2D eigenvalue weighted by Crippen LogP contribution is -2.31. The van der Waals surface area contributed by atoms with Crippen LogP contribution in [0.5, 0.6) is 23.0 Å². The maximum absolute atomic E-state index is 14.9. The van der Waals surface area contributed by atoms with Crippen LogP contribution in [0.3, 0.4) is 0 Å². The molecule has 0 fully saturated rings. The van der Waals surface area contributed by atoms with E-state index in [4.69, 9.17) is 25.1 Å². The molecule has 0 aliphatic heterocycles. The van der Waals surface area contributed by atoms with Gasteiger partial charge in [-0.25, -0.2) is 9.18 Å². The molecule has 2 amide bonds. The molecule has 0 saturated carbocycles. The third-order valence-electron chi connectivity index (χ3n) is 5.87. The Balaban J connectivity index is 1.45. The van der Waals surface area contributed by atoms with E-state index >= 15 is 0 Å². The molecule has 0 spiro atoms. The molecule has 14 heteroatoms. The highest BCUT2D eigenvalue weighted by Gasteiger charge is 2.30. The van der Waals surface area contributed by atoms with Gasteiger partial charge in [0.25, 0.3) is 0 Å². The summed E-state index contributed by atoms with van der Waals surface area (Å²) in [5.41, 5.74) is 5.23. The number of halogens is 4. The fraction of sp³-hybridized carbons (Fsp3) is 0.179. The molecule has 42 heavy (non-hydrogen) atoms. The monoisotopic (exact) mass is 588 g/mol. The Labute approximate surface area is 236 Å². The molecular formula is C28H24F4N4O6. The van der Waals surface area contributed by atoms with Gasteiger partial charge in [-0.1, -0.05) is 0 Å². The summed E-state index contributed by atoms with van der Waals surface area (Å²) in [6, 6.07) is 10.3. The number of pyridine rings is 1. The van der Waals surface area contributed by atoms with Gasteiger partial charge in [-0.15, -0.1) is 0 Å². The number of nitrogens with one attached hydrogen (secondary N) is 2. The van der Waals surface area contributed by atoms with Gasteiger partial charge in [-0.2, -0.15) is 13.2 Å². The number of anilines is 2. The number of methoxy groups -OCH3 is 1. The summed E-state index contributed by atoms with van der Waals surface area (Å²) in [7, 11) is 1.41. The summed E-state index contributed by atoms with van der Waals surface area (Å²) in [6.07, 6.45) is -3.00. The first-order valence-electron chi connectivity index (χ1n) is 12.2. The fourth-order valence-electron chi connectivity index (χ4n) is 3.72. The van der Waals surface area contributed by atoms with E-state index < -0.39 is 35.6 Å². The summed E-state index contributed by atoms with van der Waals surface area (Å²) in [6.45, 7) is 0.0134. The fourth-order valence-corrected chi connectivity index (χ4v) is 3.72. The number of nitrogens with two attached hydrogens (primary N) is 1. The van der Waals surface area contributed by atoms with E-state index in [-0.39, 0.29) is 35.9 Å². The molecular weight excluding hydrogens is 564 g/mol. The number of urea groups is 1. The van der Waals surface area contributed by atoms with Crippen LogP contribution in [-0.2, 0) is 11.0 Å². The van der Waals surface area contributed by atoms with Crippen LogP contribution >= 0.6 is 0 Å². The van der Waals surface area contributed by atoms with Crippen LogP contribution in [0.15, 0.2) is 66.9 Å². The van der Waals surface area contributed by atoms with Crippen molar-refractivity contribution in [3.05, 3.63) is 78.2 Å². The van der Waals surface area contributed by atoms with Gasteiger partial charge in [0.1, 0.15) is 11.8 Å². The number of benzene rings is 3. The summed E-state index contributed by atoms with van der Waals surface area (Å²) in [5.74, 6) is -1.30. The minimum Gasteiger partial charge on any atom is -0.493 e. The maximum Gasteiger partial charge on any atom is 0.416 e. The average molecular weight is 589 g/mol. The lowest BCUT2D eigenvalue weighted by molar-refractivity contribution is -0.139. The van der Waals surface area contributed by atoms with Gasteiger partial charge in [0, 0.05) is 41.5 Å². The van der Waals surface area contributed by atoms with Crippen LogP contribution in [0.4, 0.5) is 33.7 Å². The number of carboxylic acid groups (broad SMARTS) is 1. The molecule has 1 aromatic heterocycles. The van der Waals surface area contributed by atoms with Gasteiger partial charge in [-0.3, -0.25) is 9.78 Å². The van der Waals surface area contributed by atoms with Crippen LogP contribution in [-0.4, -0.2) is 41.8 Å². The number of aliphatic carboxylic acids is 1. The van der Waals surface area contributed by atoms with E-state index in [0.29, 0.717) is 22.4 Å². The summed E-state index contributed by atoms with van der Waals surface area (Å²) in [4.78, 5) is 27.4. The molecule has 1 heterocycles. The largest absolute Gasteiger partial charge is 0.493 e. The molecule has 0 unspecified atom stereocenters. The summed E-state index contributed by atoms with van der Waals surface area (Å²) in [5, 5.41) is 14.2. The number of nitrogens with zero attached hydrogens (tertiary/aromatic N) is 1. The van der Waals surface area contributed by atoms with E-state index in [2.05, 4.69) is 15.6 Å². The third-order valence-corrected chi connectivity index (χ3v) is 5.87. The molecule has 3 aromatic carbocycles. The lowest BCUT2D eigenvalue weighted by atomic mass is 10.1. The van der Waals surface area contributed by atoms with Crippen LogP contribution in [0.25, 0.3) is 10.9 Å². The first kappa shape index (κ1) is 29.9. The number of fused-ring (bicyclic) bond motifs is 1. The Hall–Kier alpha value is -5.11.